The summed E-state index contributed by atoms with van der Waals surface area (Å²) in [4.78, 5) is 23.9. The van der Waals surface area contributed by atoms with E-state index in [1.54, 1.807) is 26.8 Å². The summed E-state index contributed by atoms with van der Waals surface area (Å²) >= 11 is 0. The molecular formula is C16H21FO4. The number of carboxylic acid groups (broad SMARTS) is 1. The largest absolute Gasteiger partial charge is 0.480 e. The van der Waals surface area contributed by atoms with Gasteiger partial charge in [-0.1, -0.05) is 19.4 Å². The van der Waals surface area contributed by atoms with Crippen LogP contribution < -0.4 is 0 Å². The van der Waals surface area contributed by atoms with Crippen molar-refractivity contribution in [3.8, 4) is 0 Å². The molecule has 116 valence electrons. The third-order valence-corrected chi connectivity index (χ3v) is 3.56. The Morgan fingerprint density at radius 2 is 2.00 bits per heavy atom. The highest BCUT2D eigenvalue weighted by Gasteiger charge is 2.47. The average Bonchev–Trinajstić information content (AvgIpc) is 2.42. The van der Waals surface area contributed by atoms with E-state index in [0.717, 1.165) is 5.56 Å². The first-order chi connectivity index (χ1) is 9.87. The molecule has 0 bridgehead atoms. The topological polar surface area (TPSA) is 63.6 Å². The SMILES string of the molecule is CCCC(Cc1cc(F)ccc1C)(C(=O)O)C(=O)OCC. The minimum Gasteiger partial charge on any atom is -0.480 e. The molecule has 0 aliphatic rings. The van der Waals surface area contributed by atoms with Gasteiger partial charge in [-0.15, -0.1) is 0 Å². The van der Waals surface area contributed by atoms with Crippen LogP contribution in [0, 0.1) is 18.2 Å². The molecule has 0 radical (unpaired) electrons. The van der Waals surface area contributed by atoms with Gasteiger partial charge in [-0.25, -0.2) is 4.39 Å². The number of carbonyl (C=O) groups is 2. The molecule has 0 heterocycles. The van der Waals surface area contributed by atoms with Crippen molar-refractivity contribution in [2.45, 2.75) is 40.0 Å². The van der Waals surface area contributed by atoms with Crippen LogP contribution in [0.25, 0.3) is 0 Å². The Kier molecular flexibility index (Phi) is 5.88. The second kappa shape index (κ2) is 7.20. The van der Waals surface area contributed by atoms with Crippen LogP contribution in [0.3, 0.4) is 0 Å². The quantitative estimate of drug-likeness (QED) is 0.620. The summed E-state index contributed by atoms with van der Waals surface area (Å²) in [7, 11) is 0. The van der Waals surface area contributed by atoms with Gasteiger partial charge in [0.25, 0.3) is 0 Å². The fourth-order valence-corrected chi connectivity index (χ4v) is 2.38. The second-order valence-corrected chi connectivity index (χ2v) is 5.11. The maximum atomic E-state index is 13.4. The summed E-state index contributed by atoms with van der Waals surface area (Å²) in [5, 5.41) is 9.58. The molecule has 1 N–H and O–H groups in total. The van der Waals surface area contributed by atoms with Crippen LogP contribution in [0.15, 0.2) is 18.2 Å². The molecule has 4 nitrogen and oxygen atoms in total. The van der Waals surface area contributed by atoms with E-state index in [9.17, 15) is 19.1 Å². The minimum atomic E-state index is -1.66. The van der Waals surface area contributed by atoms with E-state index in [-0.39, 0.29) is 19.4 Å². The van der Waals surface area contributed by atoms with Crippen molar-refractivity contribution in [3.05, 3.63) is 35.1 Å². The molecule has 0 saturated carbocycles. The van der Waals surface area contributed by atoms with Crippen LogP contribution in [0.4, 0.5) is 4.39 Å². The zero-order chi connectivity index (χ0) is 16.0. The van der Waals surface area contributed by atoms with Crippen molar-refractivity contribution in [2.75, 3.05) is 6.61 Å². The molecule has 0 amide bonds. The maximum absolute atomic E-state index is 13.4. The average molecular weight is 296 g/mol. The van der Waals surface area contributed by atoms with Gasteiger partial charge in [-0.05, 0) is 49.9 Å². The number of esters is 1. The van der Waals surface area contributed by atoms with Crippen molar-refractivity contribution in [1.82, 2.24) is 0 Å². The van der Waals surface area contributed by atoms with Crippen molar-refractivity contribution in [2.24, 2.45) is 5.41 Å². The lowest BCUT2D eigenvalue weighted by atomic mass is 9.77. The maximum Gasteiger partial charge on any atom is 0.323 e. The van der Waals surface area contributed by atoms with Crippen LogP contribution >= 0.6 is 0 Å². The minimum absolute atomic E-state index is 0.0708. The van der Waals surface area contributed by atoms with Gasteiger partial charge in [0.05, 0.1) is 6.61 Å². The summed E-state index contributed by atoms with van der Waals surface area (Å²) in [5.41, 5.74) is -0.398. The van der Waals surface area contributed by atoms with Crippen LogP contribution in [-0.2, 0) is 20.7 Å². The lowest BCUT2D eigenvalue weighted by Gasteiger charge is -2.27. The molecule has 0 saturated heterocycles. The Morgan fingerprint density at radius 3 is 2.52 bits per heavy atom. The Morgan fingerprint density at radius 1 is 1.33 bits per heavy atom. The smallest absolute Gasteiger partial charge is 0.323 e. The van der Waals surface area contributed by atoms with Gasteiger partial charge in [0.2, 0.25) is 0 Å². The first-order valence-corrected chi connectivity index (χ1v) is 7.03. The van der Waals surface area contributed by atoms with E-state index in [1.807, 2.05) is 0 Å². The van der Waals surface area contributed by atoms with E-state index >= 15 is 0 Å². The summed E-state index contributed by atoms with van der Waals surface area (Å²) in [6, 6.07) is 4.17. The van der Waals surface area contributed by atoms with E-state index in [0.29, 0.717) is 12.0 Å². The highest BCUT2D eigenvalue weighted by molar-refractivity contribution is 5.99. The van der Waals surface area contributed by atoms with Crippen LogP contribution in [-0.4, -0.2) is 23.7 Å². The second-order valence-electron chi connectivity index (χ2n) is 5.11. The standard InChI is InChI=1S/C16H21FO4/c1-4-8-16(14(18)19,15(20)21-5-2)10-12-9-13(17)7-6-11(12)3/h6-7,9H,4-5,8,10H2,1-3H3,(H,18,19). The molecule has 1 rings (SSSR count). The fourth-order valence-electron chi connectivity index (χ4n) is 2.38. The van der Waals surface area contributed by atoms with Crippen LogP contribution in [0.5, 0.6) is 0 Å². The van der Waals surface area contributed by atoms with Crippen molar-refractivity contribution in [1.29, 1.82) is 0 Å². The molecule has 0 aromatic heterocycles. The Balaban J connectivity index is 3.26. The van der Waals surface area contributed by atoms with Gasteiger partial charge >= 0.3 is 11.9 Å². The molecule has 0 fully saturated rings. The third kappa shape index (κ3) is 3.80. The van der Waals surface area contributed by atoms with Crippen molar-refractivity contribution in [3.63, 3.8) is 0 Å². The van der Waals surface area contributed by atoms with E-state index in [4.69, 9.17) is 4.74 Å². The van der Waals surface area contributed by atoms with Gasteiger partial charge in [0.15, 0.2) is 5.41 Å². The lowest BCUT2D eigenvalue weighted by Crippen LogP contribution is -2.42. The van der Waals surface area contributed by atoms with Gasteiger partial charge < -0.3 is 9.84 Å². The van der Waals surface area contributed by atoms with Gasteiger partial charge in [0.1, 0.15) is 5.82 Å². The van der Waals surface area contributed by atoms with Crippen molar-refractivity contribution < 1.29 is 23.8 Å². The number of carboxylic acids is 1. The normalized spacial score (nSPS) is 13.5. The number of aryl methyl sites for hydroxylation is 1. The van der Waals surface area contributed by atoms with Gasteiger partial charge in [-0.2, -0.15) is 0 Å². The zero-order valence-electron chi connectivity index (χ0n) is 12.6. The summed E-state index contributed by atoms with van der Waals surface area (Å²) in [6.45, 7) is 5.30. The number of ether oxygens (including phenoxy) is 1. The van der Waals surface area contributed by atoms with E-state index in [1.165, 1.54) is 12.1 Å². The van der Waals surface area contributed by atoms with E-state index in [2.05, 4.69) is 0 Å². The number of hydrogen-bond donors (Lipinski definition) is 1. The first-order valence-electron chi connectivity index (χ1n) is 7.03. The summed E-state index contributed by atoms with van der Waals surface area (Å²) in [6.07, 6.45) is 0.592. The predicted octanol–water partition coefficient (Wildman–Crippen LogP) is 3.11. The Hall–Kier alpha value is -1.91. The zero-order valence-corrected chi connectivity index (χ0v) is 12.6. The molecule has 5 heteroatoms. The van der Waals surface area contributed by atoms with E-state index < -0.39 is 23.2 Å². The molecule has 0 spiro atoms. The van der Waals surface area contributed by atoms with Crippen LogP contribution in [0.1, 0.15) is 37.8 Å². The molecule has 21 heavy (non-hydrogen) atoms. The highest BCUT2D eigenvalue weighted by atomic mass is 19.1. The molecular weight excluding hydrogens is 275 g/mol. The number of carbonyl (C=O) groups excluding carboxylic acids is 1. The number of hydrogen-bond acceptors (Lipinski definition) is 3. The summed E-state index contributed by atoms with van der Waals surface area (Å²) in [5.74, 6) is -2.44. The number of rotatable bonds is 7. The number of halogens is 1. The molecule has 0 aliphatic heterocycles. The lowest BCUT2D eigenvalue weighted by molar-refractivity contribution is -0.169. The summed E-state index contributed by atoms with van der Waals surface area (Å²) < 4.78 is 18.3. The fraction of sp³-hybridized carbons (Fsp3) is 0.500. The third-order valence-electron chi connectivity index (χ3n) is 3.56. The van der Waals surface area contributed by atoms with Crippen molar-refractivity contribution >= 4 is 11.9 Å². The Bertz CT molecular complexity index is 527. The highest BCUT2D eigenvalue weighted by Crippen LogP contribution is 2.32. The first kappa shape index (κ1) is 17.1. The molecule has 1 atom stereocenters. The van der Waals surface area contributed by atoms with Gasteiger partial charge in [0, 0.05) is 0 Å². The molecule has 0 aliphatic carbocycles. The number of benzene rings is 1. The van der Waals surface area contributed by atoms with Gasteiger partial charge in [-0.3, -0.25) is 9.59 Å². The molecule has 1 aromatic rings. The Labute approximate surface area is 123 Å². The monoisotopic (exact) mass is 296 g/mol. The predicted molar refractivity (Wildman–Crippen MR) is 76.5 cm³/mol. The number of aliphatic carboxylic acids is 1. The molecule has 1 aromatic carbocycles. The molecule has 1 unspecified atom stereocenters. The van der Waals surface area contributed by atoms with Crippen LogP contribution in [0.2, 0.25) is 0 Å².